The number of fused-ring (bicyclic) bond motifs is 1. The molecule has 0 saturated carbocycles. The molecule has 0 saturated heterocycles. The Morgan fingerprint density at radius 2 is 2.50 bits per heavy atom. The first kappa shape index (κ1) is 7.15. The van der Waals surface area contributed by atoms with E-state index in [4.69, 9.17) is 9.47 Å². The van der Waals surface area contributed by atoms with Gasteiger partial charge in [0.15, 0.2) is 5.69 Å². The van der Waals surface area contributed by atoms with Gasteiger partial charge < -0.3 is 14.8 Å². The summed E-state index contributed by atoms with van der Waals surface area (Å²) in [6.45, 7) is 1.39. The quantitative estimate of drug-likeness (QED) is 0.651. The van der Waals surface area contributed by atoms with E-state index in [-0.39, 0.29) is 0 Å². The summed E-state index contributed by atoms with van der Waals surface area (Å²) in [5.74, 6) is 1.09. The summed E-state index contributed by atoms with van der Waals surface area (Å²) in [6, 6.07) is 0. The van der Waals surface area contributed by atoms with Crippen LogP contribution in [0.15, 0.2) is 6.33 Å². The molecule has 0 unspecified atom stereocenters. The van der Waals surface area contributed by atoms with Crippen LogP contribution in [-0.2, 0) is 0 Å². The van der Waals surface area contributed by atoms with Gasteiger partial charge in [-0.1, -0.05) is 0 Å². The molecule has 2 heterocycles. The van der Waals surface area contributed by atoms with E-state index in [9.17, 15) is 0 Å². The Kier molecular flexibility index (Phi) is 1.69. The van der Waals surface area contributed by atoms with Crippen LogP contribution in [0.2, 0.25) is 0 Å². The zero-order chi connectivity index (χ0) is 8.39. The molecular weight excluding hydrogens is 158 g/mol. The maximum absolute atomic E-state index is 5.27. The molecule has 0 aliphatic carbocycles. The number of nitrogens with zero attached hydrogens (tertiary/aromatic N) is 2. The van der Waals surface area contributed by atoms with Crippen molar-refractivity contribution in [3.05, 3.63) is 6.33 Å². The first-order valence-electron chi connectivity index (χ1n) is 3.67. The second kappa shape index (κ2) is 2.84. The van der Waals surface area contributed by atoms with E-state index in [0.717, 1.165) is 12.2 Å². The van der Waals surface area contributed by atoms with Crippen LogP contribution in [0.25, 0.3) is 0 Å². The summed E-state index contributed by atoms with van der Waals surface area (Å²) in [5, 5.41) is 3.11. The molecule has 64 valence electrons. The third kappa shape index (κ3) is 1.03. The van der Waals surface area contributed by atoms with Crippen molar-refractivity contribution in [2.24, 2.45) is 0 Å². The van der Waals surface area contributed by atoms with Crippen LogP contribution in [0.3, 0.4) is 0 Å². The fourth-order valence-corrected chi connectivity index (χ4v) is 1.09. The summed E-state index contributed by atoms with van der Waals surface area (Å²) < 4.78 is 10.3. The van der Waals surface area contributed by atoms with Crippen molar-refractivity contribution in [2.75, 3.05) is 25.6 Å². The highest BCUT2D eigenvalue weighted by Crippen LogP contribution is 2.31. The number of hydrogen-bond donors (Lipinski definition) is 1. The molecule has 0 atom stereocenters. The average molecular weight is 167 g/mol. The number of aromatic nitrogens is 2. The van der Waals surface area contributed by atoms with Crippen LogP contribution >= 0.6 is 0 Å². The van der Waals surface area contributed by atoms with Crippen molar-refractivity contribution in [2.45, 2.75) is 0 Å². The van der Waals surface area contributed by atoms with Gasteiger partial charge in [0, 0.05) is 6.54 Å². The zero-order valence-electron chi connectivity index (χ0n) is 6.70. The van der Waals surface area contributed by atoms with E-state index >= 15 is 0 Å². The molecule has 5 nitrogen and oxygen atoms in total. The number of ether oxygens (including phenoxy) is 2. The molecule has 1 aromatic heterocycles. The summed E-state index contributed by atoms with van der Waals surface area (Å²) in [5.41, 5.74) is 0.742. The van der Waals surface area contributed by atoms with Crippen molar-refractivity contribution in [1.82, 2.24) is 9.97 Å². The van der Waals surface area contributed by atoms with Crippen molar-refractivity contribution < 1.29 is 9.47 Å². The predicted octanol–water partition coefficient (Wildman–Crippen LogP) is 0.289. The molecule has 1 aliphatic rings. The molecule has 1 aliphatic heterocycles. The van der Waals surface area contributed by atoms with Gasteiger partial charge in [-0.15, -0.1) is 0 Å². The van der Waals surface area contributed by atoms with Gasteiger partial charge >= 0.3 is 0 Å². The molecule has 0 bridgehead atoms. The van der Waals surface area contributed by atoms with E-state index in [1.165, 1.54) is 6.33 Å². The second-order valence-electron chi connectivity index (χ2n) is 2.34. The predicted molar refractivity (Wildman–Crippen MR) is 42.6 cm³/mol. The van der Waals surface area contributed by atoms with Gasteiger partial charge in [-0.3, -0.25) is 0 Å². The normalized spacial score (nSPS) is 14.1. The van der Waals surface area contributed by atoms with Crippen molar-refractivity contribution >= 4 is 5.69 Å². The smallest absolute Gasteiger partial charge is 0.244 e. The fraction of sp³-hybridized carbons (Fsp3) is 0.429. The molecule has 0 aromatic carbocycles. The SMILES string of the molecule is COc1ncnc2c1NCCO2. The summed E-state index contributed by atoms with van der Waals surface area (Å²) >= 11 is 0. The highest BCUT2D eigenvalue weighted by atomic mass is 16.5. The molecule has 0 spiro atoms. The zero-order valence-corrected chi connectivity index (χ0v) is 6.70. The molecule has 5 heteroatoms. The molecule has 0 radical (unpaired) electrons. The van der Waals surface area contributed by atoms with Gasteiger partial charge in [-0.2, -0.15) is 9.97 Å². The minimum absolute atomic E-state index is 0.528. The van der Waals surface area contributed by atoms with E-state index in [1.807, 2.05) is 0 Å². The fourth-order valence-electron chi connectivity index (χ4n) is 1.09. The Hall–Kier alpha value is -1.52. The van der Waals surface area contributed by atoms with Crippen molar-refractivity contribution in [3.63, 3.8) is 0 Å². The highest BCUT2D eigenvalue weighted by molar-refractivity contribution is 5.60. The molecule has 1 aromatic rings. The lowest BCUT2D eigenvalue weighted by Crippen LogP contribution is -2.19. The molecule has 12 heavy (non-hydrogen) atoms. The minimum atomic E-state index is 0.528. The maximum atomic E-state index is 5.27. The van der Waals surface area contributed by atoms with Crippen LogP contribution in [0, 0.1) is 0 Å². The lowest BCUT2D eigenvalue weighted by Gasteiger charge is -2.18. The lowest BCUT2D eigenvalue weighted by molar-refractivity contribution is 0.303. The average Bonchev–Trinajstić information content (AvgIpc) is 2.17. The van der Waals surface area contributed by atoms with E-state index in [2.05, 4.69) is 15.3 Å². The van der Waals surface area contributed by atoms with Gasteiger partial charge in [0.1, 0.15) is 12.9 Å². The number of rotatable bonds is 1. The number of methoxy groups -OCH3 is 1. The van der Waals surface area contributed by atoms with E-state index in [1.54, 1.807) is 7.11 Å². The van der Waals surface area contributed by atoms with Gasteiger partial charge in [0.05, 0.1) is 7.11 Å². The topological polar surface area (TPSA) is 56.3 Å². The van der Waals surface area contributed by atoms with Crippen LogP contribution in [0.5, 0.6) is 11.8 Å². The third-order valence-corrected chi connectivity index (χ3v) is 1.61. The maximum Gasteiger partial charge on any atom is 0.244 e. The number of hydrogen-bond acceptors (Lipinski definition) is 5. The molecule has 0 amide bonds. The van der Waals surface area contributed by atoms with Gasteiger partial charge in [-0.05, 0) is 0 Å². The first-order valence-corrected chi connectivity index (χ1v) is 3.67. The third-order valence-electron chi connectivity index (χ3n) is 1.61. The molecule has 0 fully saturated rings. The minimum Gasteiger partial charge on any atom is -0.479 e. The highest BCUT2D eigenvalue weighted by Gasteiger charge is 2.16. The number of anilines is 1. The Labute approximate surface area is 69.7 Å². The van der Waals surface area contributed by atoms with Gasteiger partial charge in [-0.25, -0.2) is 0 Å². The van der Waals surface area contributed by atoms with Crippen LogP contribution < -0.4 is 14.8 Å². The van der Waals surface area contributed by atoms with Gasteiger partial charge in [0.25, 0.3) is 0 Å². The van der Waals surface area contributed by atoms with Crippen molar-refractivity contribution in [3.8, 4) is 11.8 Å². The lowest BCUT2D eigenvalue weighted by atomic mass is 10.4. The van der Waals surface area contributed by atoms with Gasteiger partial charge in [0.2, 0.25) is 11.8 Å². The first-order chi connectivity index (χ1) is 5.92. The summed E-state index contributed by atoms with van der Waals surface area (Å²) in [7, 11) is 1.57. The summed E-state index contributed by atoms with van der Waals surface area (Å²) in [6.07, 6.45) is 1.42. The molecule has 2 rings (SSSR count). The number of nitrogens with one attached hydrogen (secondary N) is 1. The Morgan fingerprint density at radius 1 is 1.58 bits per heavy atom. The monoisotopic (exact) mass is 167 g/mol. The van der Waals surface area contributed by atoms with Crippen LogP contribution in [-0.4, -0.2) is 30.2 Å². The molecule has 1 N–H and O–H groups in total. The molecular formula is C7H9N3O2. The van der Waals surface area contributed by atoms with Crippen LogP contribution in [0.1, 0.15) is 0 Å². The standard InChI is InChI=1S/C7H9N3O2/c1-11-6-5-7(10-4-9-6)12-3-2-8-5/h4,8H,2-3H2,1H3. The Morgan fingerprint density at radius 3 is 3.33 bits per heavy atom. The van der Waals surface area contributed by atoms with E-state index in [0.29, 0.717) is 18.4 Å². The van der Waals surface area contributed by atoms with Crippen LogP contribution in [0.4, 0.5) is 5.69 Å². The largest absolute Gasteiger partial charge is 0.479 e. The Balaban J connectivity index is 2.44. The summed E-state index contributed by atoms with van der Waals surface area (Å²) in [4.78, 5) is 7.89. The van der Waals surface area contributed by atoms with E-state index < -0.39 is 0 Å². The second-order valence-corrected chi connectivity index (χ2v) is 2.34. The van der Waals surface area contributed by atoms with Crippen molar-refractivity contribution in [1.29, 1.82) is 0 Å². The Bertz CT molecular complexity index is 276.